The van der Waals surface area contributed by atoms with Gasteiger partial charge in [0.25, 0.3) is 0 Å². The molecule has 0 aliphatic rings. The molecule has 4 heterocycles. The van der Waals surface area contributed by atoms with Crippen molar-refractivity contribution in [3.63, 3.8) is 0 Å². The minimum atomic E-state index is 0.546. The van der Waals surface area contributed by atoms with Crippen LogP contribution in [0.2, 0.25) is 0 Å². The number of aromatic nitrogens is 5. The third kappa shape index (κ3) is 4.87. The second kappa shape index (κ2) is 12.3. The molecule has 0 bridgehead atoms. The van der Waals surface area contributed by atoms with Crippen LogP contribution in [0.5, 0.6) is 0 Å². The van der Waals surface area contributed by atoms with Gasteiger partial charge in [-0.2, -0.15) is 9.97 Å². The first-order chi connectivity index (χ1) is 28.3. The van der Waals surface area contributed by atoms with Gasteiger partial charge in [-0.3, -0.25) is 4.57 Å². The van der Waals surface area contributed by atoms with Crippen molar-refractivity contribution in [1.82, 2.24) is 24.1 Å². The fourth-order valence-electron chi connectivity index (χ4n) is 8.62. The molecule has 8 aromatic carbocycles. The first kappa shape index (κ1) is 31.5. The Bertz CT molecular complexity index is 3510. The van der Waals surface area contributed by atoms with E-state index in [0.29, 0.717) is 17.6 Å². The zero-order chi connectivity index (χ0) is 37.5. The molecule has 57 heavy (non-hydrogen) atoms. The normalized spacial score (nSPS) is 11.9. The summed E-state index contributed by atoms with van der Waals surface area (Å²) in [6.45, 7) is 0. The van der Waals surface area contributed by atoms with Crippen LogP contribution < -0.4 is 0 Å². The van der Waals surface area contributed by atoms with Crippen LogP contribution in [-0.2, 0) is 0 Å². The van der Waals surface area contributed by atoms with Gasteiger partial charge in [-0.25, -0.2) is 4.98 Å². The molecule has 0 radical (unpaired) electrons. The lowest BCUT2D eigenvalue weighted by molar-refractivity contribution is 0.669. The molecule has 0 fully saturated rings. The van der Waals surface area contributed by atoms with E-state index in [1.165, 1.54) is 5.39 Å². The van der Waals surface area contributed by atoms with Crippen LogP contribution in [0.25, 0.3) is 111 Å². The standard InChI is InChI=1S/C51H31N5O/c1-3-14-32(15-4-1)33-26-28-34(29-27-33)49-52-50(39-21-13-25-47-48(39)38-20-9-12-24-46(38)57-47)54-51(53-49)56-43-23-11-8-19-37(43)41-30-44-40(31-45(41)56)36-18-7-10-22-42(36)55(44)35-16-5-2-6-17-35/h1-31H. The summed E-state index contributed by atoms with van der Waals surface area (Å²) in [6, 6.07) is 65.6. The minimum absolute atomic E-state index is 0.546. The highest BCUT2D eigenvalue weighted by atomic mass is 16.3. The van der Waals surface area contributed by atoms with Gasteiger partial charge in [0.15, 0.2) is 11.6 Å². The van der Waals surface area contributed by atoms with Gasteiger partial charge < -0.3 is 8.98 Å². The highest BCUT2D eigenvalue weighted by Crippen LogP contribution is 2.41. The zero-order valence-corrected chi connectivity index (χ0v) is 30.5. The van der Waals surface area contributed by atoms with Crippen LogP contribution in [0.1, 0.15) is 0 Å². The van der Waals surface area contributed by atoms with Gasteiger partial charge in [-0.1, -0.05) is 140 Å². The summed E-state index contributed by atoms with van der Waals surface area (Å²) in [4.78, 5) is 15.9. The summed E-state index contributed by atoms with van der Waals surface area (Å²) in [5.41, 5.74) is 11.2. The molecule has 0 saturated heterocycles. The molecule has 0 unspecified atom stereocenters. The lowest BCUT2D eigenvalue weighted by atomic mass is 10.0. The van der Waals surface area contributed by atoms with Crippen molar-refractivity contribution < 1.29 is 4.42 Å². The van der Waals surface area contributed by atoms with Crippen LogP contribution >= 0.6 is 0 Å². The Kier molecular flexibility index (Phi) is 6.83. The number of furan rings is 1. The summed E-state index contributed by atoms with van der Waals surface area (Å²) in [6.07, 6.45) is 0. The lowest BCUT2D eigenvalue weighted by Gasteiger charge is -2.12. The van der Waals surface area contributed by atoms with E-state index in [0.717, 1.165) is 88.1 Å². The van der Waals surface area contributed by atoms with E-state index in [2.05, 4.69) is 161 Å². The van der Waals surface area contributed by atoms with Crippen LogP contribution in [0, 0.1) is 0 Å². The summed E-state index contributed by atoms with van der Waals surface area (Å²) >= 11 is 0. The van der Waals surface area contributed by atoms with Gasteiger partial charge in [0.1, 0.15) is 11.2 Å². The van der Waals surface area contributed by atoms with Gasteiger partial charge in [-0.15, -0.1) is 0 Å². The maximum absolute atomic E-state index is 6.33. The van der Waals surface area contributed by atoms with E-state index in [1.54, 1.807) is 0 Å². The summed E-state index contributed by atoms with van der Waals surface area (Å²) in [5, 5.41) is 6.59. The molecular formula is C51H31N5O. The highest BCUT2D eigenvalue weighted by Gasteiger charge is 2.22. The summed E-state index contributed by atoms with van der Waals surface area (Å²) in [5.74, 6) is 1.71. The second-order valence-electron chi connectivity index (χ2n) is 14.4. The largest absolute Gasteiger partial charge is 0.456 e. The van der Waals surface area contributed by atoms with Gasteiger partial charge in [0.2, 0.25) is 5.95 Å². The highest BCUT2D eigenvalue weighted by molar-refractivity contribution is 6.19. The van der Waals surface area contributed by atoms with Crippen LogP contribution in [0.15, 0.2) is 192 Å². The maximum atomic E-state index is 6.33. The van der Waals surface area contributed by atoms with E-state index in [-0.39, 0.29) is 0 Å². The molecule has 0 amide bonds. The fourth-order valence-corrected chi connectivity index (χ4v) is 8.62. The van der Waals surface area contributed by atoms with Crippen molar-refractivity contribution >= 4 is 65.6 Å². The Morgan fingerprint density at radius 3 is 1.63 bits per heavy atom. The summed E-state index contributed by atoms with van der Waals surface area (Å²) in [7, 11) is 0. The number of fused-ring (bicyclic) bond motifs is 9. The monoisotopic (exact) mass is 729 g/mol. The minimum Gasteiger partial charge on any atom is -0.456 e. The number of hydrogen-bond donors (Lipinski definition) is 0. The number of para-hydroxylation sites is 4. The molecule has 4 aromatic heterocycles. The average molecular weight is 730 g/mol. The SMILES string of the molecule is c1ccc(-c2ccc(-c3nc(-c4cccc5oc6ccccc6c45)nc(-n4c5ccccc5c5cc6c(cc54)c4ccccc4n6-c4ccccc4)n3)cc2)cc1. The molecule has 12 rings (SSSR count). The molecule has 0 aliphatic carbocycles. The van der Waals surface area contributed by atoms with Crippen LogP contribution in [0.3, 0.4) is 0 Å². The van der Waals surface area contributed by atoms with E-state index < -0.39 is 0 Å². The predicted molar refractivity (Wildman–Crippen MR) is 232 cm³/mol. The Labute approximate surface area is 326 Å². The first-order valence-electron chi connectivity index (χ1n) is 19.1. The molecule has 0 N–H and O–H groups in total. The molecule has 0 aliphatic heterocycles. The number of nitrogens with zero attached hydrogens (tertiary/aromatic N) is 5. The van der Waals surface area contributed by atoms with Crippen molar-refractivity contribution in [3.05, 3.63) is 188 Å². The fraction of sp³-hybridized carbons (Fsp3) is 0. The molecule has 6 nitrogen and oxygen atoms in total. The molecular weight excluding hydrogens is 699 g/mol. The van der Waals surface area contributed by atoms with Crippen molar-refractivity contribution in [2.75, 3.05) is 0 Å². The maximum Gasteiger partial charge on any atom is 0.238 e. The van der Waals surface area contributed by atoms with E-state index >= 15 is 0 Å². The number of hydrogen-bond acceptors (Lipinski definition) is 4. The topological polar surface area (TPSA) is 61.7 Å². The van der Waals surface area contributed by atoms with Gasteiger partial charge in [-0.05, 0) is 59.7 Å². The third-order valence-corrected chi connectivity index (χ3v) is 11.2. The van der Waals surface area contributed by atoms with E-state index in [1.807, 2.05) is 36.4 Å². The molecule has 0 atom stereocenters. The quantitative estimate of drug-likeness (QED) is 0.177. The van der Waals surface area contributed by atoms with Crippen molar-refractivity contribution in [2.45, 2.75) is 0 Å². The first-order valence-corrected chi connectivity index (χ1v) is 19.1. The smallest absolute Gasteiger partial charge is 0.238 e. The number of benzene rings is 8. The van der Waals surface area contributed by atoms with Gasteiger partial charge in [0.05, 0.1) is 22.1 Å². The molecule has 0 saturated carbocycles. The average Bonchev–Trinajstić information content (AvgIpc) is 3.93. The Morgan fingerprint density at radius 2 is 0.895 bits per heavy atom. The lowest BCUT2D eigenvalue weighted by Crippen LogP contribution is -2.06. The molecule has 6 heteroatoms. The second-order valence-corrected chi connectivity index (χ2v) is 14.4. The van der Waals surface area contributed by atoms with Crippen LogP contribution in [0.4, 0.5) is 0 Å². The number of rotatable bonds is 5. The van der Waals surface area contributed by atoms with E-state index in [9.17, 15) is 0 Å². The van der Waals surface area contributed by atoms with Crippen molar-refractivity contribution in [1.29, 1.82) is 0 Å². The van der Waals surface area contributed by atoms with E-state index in [4.69, 9.17) is 19.4 Å². The summed E-state index contributed by atoms with van der Waals surface area (Å²) < 4.78 is 10.9. The van der Waals surface area contributed by atoms with Gasteiger partial charge in [0, 0.05) is 49.1 Å². The molecule has 12 aromatic rings. The Balaban J connectivity index is 1.15. The molecule has 0 spiro atoms. The Morgan fingerprint density at radius 1 is 0.351 bits per heavy atom. The molecule has 266 valence electrons. The predicted octanol–water partition coefficient (Wildman–Crippen LogP) is 13.0. The van der Waals surface area contributed by atoms with Crippen molar-refractivity contribution in [2.24, 2.45) is 0 Å². The van der Waals surface area contributed by atoms with Crippen LogP contribution in [-0.4, -0.2) is 24.1 Å². The van der Waals surface area contributed by atoms with Gasteiger partial charge >= 0.3 is 0 Å². The third-order valence-electron chi connectivity index (χ3n) is 11.2. The van der Waals surface area contributed by atoms with Crippen molar-refractivity contribution in [3.8, 4) is 45.5 Å². The zero-order valence-electron chi connectivity index (χ0n) is 30.5. The Hall–Kier alpha value is -7.83.